The van der Waals surface area contributed by atoms with Gasteiger partial charge in [-0.2, -0.15) is 0 Å². The fourth-order valence-electron chi connectivity index (χ4n) is 3.36. The molecule has 0 bridgehead atoms. The maximum atomic E-state index is 11.5. The molecule has 4 heteroatoms. The Morgan fingerprint density at radius 3 is 1.92 bits per heavy atom. The van der Waals surface area contributed by atoms with Crippen LogP contribution in [0, 0.1) is 10.1 Å². The number of ketones is 1. The third kappa shape index (κ3) is 4.37. The van der Waals surface area contributed by atoms with Gasteiger partial charge in [-0.15, -0.1) is 0 Å². The second-order valence-corrected chi connectivity index (χ2v) is 8.18. The van der Waals surface area contributed by atoms with Gasteiger partial charge in [0.15, 0.2) is 5.78 Å². The van der Waals surface area contributed by atoms with E-state index < -0.39 is 4.92 Å². The fraction of sp³-hybridized carbons (Fsp3) is 0.409. The minimum absolute atomic E-state index is 0.137. The molecule has 1 aliphatic carbocycles. The van der Waals surface area contributed by atoms with Gasteiger partial charge in [-0.3, -0.25) is 14.9 Å². The van der Waals surface area contributed by atoms with Gasteiger partial charge >= 0.3 is 0 Å². The van der Waals surface area contributed by atoms with Crippen LogP contribution in [0.3, 0.4) is 0 Å². The first kappa shape index (κ1) is 19.8. The number of nitro groups is 1. The summed E-state index contributed by atoms with van der Waals surface area (Å²) < 4.78 is 0. The molecule has 3 rings (SSSR count). The molecule has 0 aromatic heterocycles. The SMILES string of the molecule is CC(=O)c1ccc2c(c1)C(C)(C)CCC2(C)C.O=[N+]([O-])c1ccccc1. The number of nitro benzene ring substituents is 1. The molecule has 0 saturated heterocycles. The lowest BCUT2D eigenvalue weighted by Crippen LogP contribution is -2.34. The predicted octanol–water partition coefficient (Wildman–Crippen LogP) is 5.83. The lowest BCUT2D eigenvalue weighted by Gasteiger charge is -2.42. The number of nitrogens with zero attached hydrogens (tertiary/aromatic N) is 1. The van der Waals surface area contributed by atoms with Crippen molar-refractivity contribution in [2.24, 2.45) is 0 Å². The second-order valence-electron chi connectivity index (χ2n) is 8.18. The zero-order valence-electron chi connectivity index (χ0n) is 16.2. The molecule has 138 valence electrons. The van der Waals surface area contributed by atoms with Gasteiger partial charge in [0, 0.05) is 17.7 Å². The summed E-state index contributed by atoms with van der Waals surface area (Å²) in [5.74, 6) is 0.159. The maximum Gasteiger partial charge on any atom is 0.269 e. The third-order valence-corrected chi connectivity index (χ3v) is 5.23. The van der Waals surface area contributed by atoms with E-state index in [0.29, 0.717) is 0 Å². The van der Waals surface area contributed by atoms with Gasteiger partial charge < -0.3 is 0 Å². The van der Waals surface area contributed by atoms with Crippen LogP contribution in [0.15, 0.2) is 48.5 Å². The Labute approximate surface area is 155 Å². The molecule has 26 heavy (non-hydrogen) atoms. The first-order chi connectivity index (χ1) is 12.0. The summed E-state index contributed by atoms with van der Waals surface area (Å²) in [6.45, 7) is 10.8. The number of hydrogen-bond donors (Lipinski definition) is 0. The first-order valence-corrected chi connectivity index (χ1v) is 8.90. The van der Waals surface area contributed by atoms with E-state index in [4.69, 9.17) is 0 Å². The minimum atomic E-state index is -0.417. The first-order valence-electron chi connectivity index (χ1n) is 8.90. The molecule has 0 radical (unpaired) electrons. The van der Waals surface area contributed by atoms with E-state index >= 15 is 0 Å². The number of Topliss-reactive ketones (excluding diaryl/α,β-unsaturated/α-hetero) is 1. The highest BCUT2D eigenvalue weighted by atomic mass is 16.6. The molecule has 0 amide bonds. The largest absolute Gasteiger partial charge is 0.295 e. The van der Waals surface area contributed by atoms with E-state index in [0.717, 1.165) is 5.56 Å². The van der Waals surface area contributed by atoms with E-state index in [-0.39, 0.29) is 22.3 Å². The van der Waals surface area contributed by atoms with Crippen molar-refractivity contribution in [2.75, 3.05) is 0 Å². The summed E-state index contributed by atoms with van der Waals surface area (Å²) in [4.78, 5) is 21.1. The monoisotopic (exact) mass is 353 g/mol. The van der Waals surface area contributed by atoms with Crippen molar-refractivity contribution in [1.29, 1.82) is 0 Å². The highest BCUT2D eigenvalue weighted by Crippen LogP contribution is 2.45. The molecule has 0 atom stereocenters. The van der Waals surface area contributed by atoms with Crippen molar-refractivity contribution in [2.45, 2.75) is 58.3 Å². The van der Waals surface area contributed by atoms with Crippen LogP contribution in [-0.4, -0.2) is 10.7 Å². The van der Waals surface area contributed by atoms with E-state index in [2.05, 4.69) is 39.8 Å². The zero-order chi connectivity index (χ0) is 19.5. The molecule has 0 fully saturated rings. The van der Waals surface area contributed by atoms with Crippen molar-refractivity contribution in [3.05, 3.63) is 75.3 Å². The van der Waals surface area contributed by atoms with Crippen LogP contribution >= 0.6 is 0 Å². The number of non-ortho nitro benzene ring substituents is 1. The summed E-state index contributed by atoms with van der Waals surface area (Å²) in [6, 6.07) is 14.2. The van der Waals surface area contributed by atoms with Crippen molar-refractivity contribution >= 4 is 11.5 Å². The Morgan fingerprint density at radius 1 is 0.923 bits per heavy atom. The van der Waals surface area contributed by atoms with E-state index in [9.17, 15) is 14.9 Å². The fourth-order valence-corrected chi connectivity index (χ4v) is 3.36. The second kappa shape index (κ2) is 7.40. The van der Waals surface area contributed by atoms with Crippen molar-refractivity contribution in [3.8, 4) is 0 Å². The molecule has 2 aromatic rings. The van der Waals surface area contributed by atoms with Crippen molar-refractivity contribution < 1.29 is 9.72 Å². The Bertz CT molecular complexity index is 807. The quantitative estimate of drug-likeness (QED) is 0.387. The molecule has 0 heterocycles. The predicted molar refractivity (Wildman–Crippen MR) is 105 cm³/mol. The smallest absolute Gasteiger partial charge is 0.269 e. The number of para-hydroxylation sites is 1. The normalized spacial score (nSPS) is 16.7. The molecule has 0 saturated carbocycles. The molecular weight excluding hydrogens is 326 g/mol. The Kier molecular flexibility index (Phi) is 5.65. The molecule has 1 aliphatic rings. The van der Waals surface area contributed by atoms with E-state index in [1.165, 1.54) is 36.1 Å². The lowest BCUT2D eigenvalue weighted by atomic mass is 9.63. The topological polar surface area (TPSA) is 60.2 Å². The van der Waals surface area contributed by atoms with E-state index in [1.807, 2.05) is 6.07 Å². The van der Waals surface area contributed by atoms with Gasteiger partial charge in [-0.25, -0.2) is 0 Å². The maximum absolute atomic E-state index is 11.5. The number of hydrogen-bond acceptors (Lipinski definition) is 3. The molecule has 0 N–H and O–H groups in total. The van der Waals surface area contributed by atoms with Gasteiger partial charge in [0.05, 0.1) is 4.92 Å². The van der Waals surface area contributed by atoms with Gasteiger partial charge in [-0.05, 0) is 47.8 Å². The average Bonchev–Trinajstić information content (AvgIpc) is 2.60. The molecular formula is C22H27NO3. The van der Waals surface area contributed by atoms with Crippen LogP contribution in [0.4, 0.5) is 5.69 Å². The summed E-state index contributed by atoms with van der Waals surface area (Å²) in [5, 5.41) is 10.0. The summed E-state index contributed by atoms with van der Waals surface area (Å²) in [5.41, 5.74) is 4.18. The number of fused-ring (bicyclic) bond motifs is 1. The number of carbonyl (C=O) groups excluding carboxylic acids is 1. The molecule has 2 aromatic carbocycles. The van der Waals surface area contributed by atoms with Crippen LogP contribution in [-0.2, 0) is 10.8 Å². The minimum Gasteiger partial charge on any atom is -0.295 e. The standard InChI is InChI=1S/C16H22O.C6H5NO2/c1-11(17)12-6-7-13-14(10-12)16(4,5)9-8-15(13,2)3;8-7(9)6-4-2-1-3-5-6/h6-7,10H,8-9H2,1-5H3;1-5H. The Balaban J connectivity index is 0.000000228. The summed E-state index contributed by atoms with van der Waals surface area (Å²) in [7, 11) is 0. The molecule has 0 aliphatic heterocycles. The Hall–Kier alpha value is -2.49. The average molecular weight is 353 g/mol. The van der Waals surface area contributed by atoms with E-state index in [1.54, 1.807) is 25.1 Å². The van der Waals surface area contributed by atoms with Crippen LogP contribution in [0.25, 0.3) is 0 Å². The molecule has 0 spiro atoms. The van der Waals surface area contributed by atoms with Crippen LogP contribution in [0.2, 0.25) is 0 Å². The Morgan fingerprint density at radius 2 is 1.46 bits per heavy atom. The van der Waals surface area contributed by atoms with Crippen LogP contribution in [0.1, 0.15) is 68.9 Å². The van der Waals surface area contributed by atoms with Crippen LogP contribution in [0.5, 0.6) is 0 Å². The van der Waals surface area contributed by atoms with Gasteiger partial charge in [0.1, 0.15) is 0 Å². The van der Waals surface area contributed by atoms with Gasteiger partial charge in [0.25, 0.3) is 5.69 Å². The number of carbonyl (C=O) groups is 1. The molecule has 4 nitrogen and oxygen atoms in total. The van der Waals surface area contributed by atoms with Crippen molar-refractivity contribution in [3.63, 3.8) is 0 Å². The molecule has 0 unspecified atom stereocenters. The number of benzene rings is 2. The van der Waals surface area contributed by atoms with Crippen LogP contribution < -0.4 is 0 Å². The van der Waals surface area contributed by atoms with Gasteiger partial charge in [0.2, 0.25) is 0 Å². The van der Waals surface area contributed by atoms with Crippen molar-refractivity contribution in [1.82, 2.24) is 0 Å². The highest BCUT2D eigenvalue weighted by molar-refractivity contribution is 5.94. The summed E-state index contributed by atoms with van der Waals surface area (Å²) >= 11 is 0. The zero-order valence-corrected chi connectivity index (χ0v) is 16.2. The number of rotatable bonds is 2. The van der Waals surface area contributed by atoms with Gasteiger partial charge in [-0.1, -0.05) is 58.0 Å². The lowest BCUT2D eigenvalue weighted by molar-refractivity contribution is -0.384. The third-order valence-electron chi connectivity index (χ3n) is 5.23. The summed E-state index contributed by atoms with van der Waals surface area (Å²) in [6.07, 6.45) is 2.40. The highest BCUT2D eigenvalue weighted by Gasteiger charge is 2.37.